The van der Waals surface area contributed by atoms with Crippen LogP contribution < -0.4 is 9.96 Å². The smallest absolute Gasteiger partial charge is 0.283 e. The van der Waals surface area contributed by atoms with Gasteiger partial charge >= 0.3 is 0 Å². The van der Waals surface area contributed by atoms with Crippen LogP contribution in [-0.2, 0) is 17.9 Å². The maximum atomic E-state index is 16.4. The highest BCUT2D eigenvalue weighted by atomic mass is 16.7. The van der Waals surface area contributed by atoms with Gasteiger partial charge in [0.05, 0.1) is 22.5 Å². The molecule has 0 saturated carbocycles. The molecule has 0 spiro atoms. The van der Waals surface area contributed by atoms with Crippen molar-refractivity contribution >= 4 is 132 Å². The Morgan fingerprint density at radius 3 is 1.12 bits per heavy atom. The van der Waals surface area contributed by atoms with Crippen molar-refractivity contribution in [2.75, 3.05) is 16.5 Å². The molecule has 0 fully saturated rings. The molecule has 2 aliphatic rings. The van der Waals surface area contributed by atoms with Crippen LogP contribution in [0.25, 0.3) is 109 Å². The zero-order valence-electron chi connectivity index (χ0n) is 47.7. The molecule has 0 aliphatic carbocycles. The summed E-state index contributed by atoms with van der Waals surface area (Å²) in [6.07, 6.45) is 0.515. The van der Waals surface area contributed by atoms with Crippen molar-refractivity contribution in [1.82, 2.24) is 0 Å². The van der Waals surface area contributed by atoms with Crippen LogP contribution in [0.3, 0.4) is 0 Å². The van der Waals surface area contributed by atoms with E-state index in [0.717, 1.165) is 82.5 Å². The number of hydrogen-bond acceptors (Lipinski definition) is 7. The summed E-state index contributed by atoms with van der Waals surface area (Å²) < 4.78 is 30.2. The molecule has 13 aromatic rings. The Hall–Kier alpha value is -9.22. The molecule has 10 nitrogen and oxygen atoms in total. The van der Waals surface area contributed by atoms with Gasteiger partial charge in [-0.05, 0) is 117 Å². The van der Waals surface area contributed by atoms with Crippen molar-refractivity contribution < 1.29 is 37.6 Å². The summed E-state index contributed by atoms with van der Waals surface area (Å²) in [7, 11) is 0. The maximum Gasteiger partial charge on any atom is 0.283 e. The Balaban J connectivity index is 0.00000614. The molecule has 0 unspecified atom stereocenters. The maximum absolute atomic E-state index is 16.4. The Bertz CT molecular complexity index is 4640. The molecule has 10 heteroatoms. The summed E-state index contributed by atoms with van der Waals surface area (Å²) in [4.78, 5) is 41.7. The summed E-state index contributed by atoms with van der Waals surface area (Å²) in [5.74, 6) is -0.0377. The van der Waals surface area contributed by atoms with Gasteiger partial charge in [-0.15, -0.1) is 0 Å². The fourth-order valence-corrected chi connectivity index (χ4v) is 13.6. The summed E-state index contributed by atoms with van der Waals surface area (Å²) in [6, 6.07) is 52.9. The van der Waals surface area contributed by atoms with Gasteiger partial charge in [-0.25, -0.2) is 0 Å². The van der Waals surface area contributed by atoms with Gasteiger partial charge in [-0.3, -0.25) is 14.4 Å². The second-order valence-corrected chi connectivity index (χ2v) is 23.6. The Labute approximate surface area is 478 Å². The van der Waals surface area contributed by atoms with Crippen molar-refractivity contribution in [3.8, 4) is 0 Å². The lowest BCUT2D eigenvalue weighted by Crippen LogP contribution is -2.33. The molecule has 0 saturated heterocycles. The normalized spacial score (nSPS) is 13.9. The van der Waals surface area contributed by atoms with E-state index in [1.165, 1.54) is 5.06 Å². The lowest BCUT2D eigenvalue weighted by atomic mass is 9.83. The van der Waals surface area contributed by atoms with Crippen LogP contribution in [0.15, 0.2) is 175 Å². The highest BCUT2D eigenvalue weighted by Gasteiger charge is 2.37. The molecule has 15 rings (SSSR count). The number of hydrogen-bond donors (Lipinski definition) is 0. The third-order valence-electron chi connectivity index (χ3n) is 17.3. The van der Waals surface area contributed by atoms with E-state index >= 15 is 9.59 Å². The third-order valence-corrected chi connectivity index (χ3v) is 17.3. The van der Waals surface area contributed by atoms with Crippen LogP contribution in [-0.4, -0.2) is 23.8 Å². The molecule has 0 radical (unpaired) electrons. The number of nitrogens with zero attached hydrogens (tertiary/aromatic N) is 2. The van der Waals surface area contributed by atoms with E-state index in [2.05, 4.69) is 116 Å². The Kier molecular flexibility index (Phi) is 12.2. The highest BCUT2D eigenvalue weighted by molar-refractivity contribution is 6.45. The van der Waals surface area contributed by atoms with Gasteiger partial charge in [0.25, 0.3) is 11.8 Å². The van der Waals surface area contributed by atoms with Gasteiger partial charge in [-0.2, -0.15) is 5.06 Å². The monoisotopic (exact) mass is 1090 g/mol. The standard InChI is InChI=1S/C73H60N2O7.H2O/c1-38(2)44-23-17-24-45(39(3)4)70(44)74-32-31-42-33-58-64-65-59(80-55-28-14-10-20-49(55)48-19-9-13-27-54(48)79-58)34-43-37-78-75(71-46(40(5)6)25-18-26-47(71)41(7)8)73(77)53-36-61-67(69(65)63(43)53)66-60(35-52(72(74)76)62(42)68(64)66)81-56-29-15-11-21-50(56)51-22-12-16-30-57(51)82-61;/h9-30,33-36,38-41H,31-32,37H2,1-8H3;1H2. The largest absolute Gasteiger partial charge is 0.456 e. The summed E-state index contributed by atoms with van der Waals surface area (Å²) in [6.45, 7) is 17.8. The van der Waals surface area contributed by atoms with Crippen molar-refractivity contribution in [1.29, 1.82) is 0 Å². The molecule has 0 bridgehead atoms. The first-order valence-electron chi connectivity index (χ1n) is 28.8. The Morgan fingerprint density at radius 2 is 0.711 bits per heavy atom. The number of para-hydroxylation sites is 6. The fraction of sp³-hybridized carbons (Fsp3) is 0.205. The van der Waals surface area contributed by atoms with Crippen molar-refractivity contribution in [3.05, 3.63) is 202 Å². The molecule has 2 aliphatic heterocycles. The lowest BCUT2D eigenvalue weighted by Gasteiger charge is -2.29. The second kappa shape index (κ2) is 19.5. The molecular weight excluding hydrogens is 1030 g/mol. The van der Waals surface area contributed by atoms with E-state index in [-0.39, 0.29) is 47.6 Å². The minimum atomic E-state index is -0.329. The zero-order valence-corrected chi connectivity index (χ0v) is 47.7. The fourth-order valence-electron chi connectivity index (χ4n) is 13.6. The van der Waals surface area contributed by atoms with Crippen LogP contribution in [0.5, 0.6) is 0 Å². The molecule has 0 atom stereocenters. The minimum absolute atomic E-state index is 0. The highest BCUT2D eigenvalue weighted by Crippen LogP contribution is 2.53. The topological polar surface area (TPSA) is 134 Å². The van der Waals surface area contributed by atoms with Gasteiger partial charge in [-0.1, -0.05) is 165 Å². The van der Waals surface area contributed by atoms with Gasteiger partial charge in [0.15, 0.2) is 0 Å². The second-order valence-electron chi connectivity index (χ2n) is 23.6. The van der Waals surface area contributed by atoms with Crippen LogP contribution >= 0.6 is 0 Å². The molecule has 83 heavy (non-hydrogen) atoms. The number of fused-ring (bicyclic) bond motifs is 6. The zero-order chi connectivity index (χ0) is 56.0. The van der Waals surface area contributed by atoms with E-state index in [9.17, 15) is 0 Å². The SMILES string of the molecule is CC(C)c1cccc(C(C)C)c1N1CCc2cc3oc4ccccc4c4ccccc4oc4cc5c6c(cc7oc8ccccc8c8ccccc8oc8cc(c2c2c3c4c6c7c82)C1=O)C(=O)N(c1c(C(C)C)cccc1C(C)C)OC5.O. The van der Waals surface area contributed by atoms with Crippen LogP contribution in [0.1, 0.15) is 133 Å². The summed E-state index contributed by atoms with van der Waals surface area (Å²) in [5.41, 5.74) is 12.9. The summed E-state index contributed by atoms with van der Waals surface area (Å²) in [5, 5.41) is 10.6. The first kappa shape index (κ1) is 51.9. The van der Waals surface area contributed by atoms with Gasteiger partial charge in [0.1, 0.15) is 51.3 Å². The van der Waals surface area contributed by atoms with E-state index < -0.39 is 0 Å². The van der Waals surface area contributed by atoms with Crippen LogP contribution in [0.2, 0.25) is 0 Å². The van der Waals surface area contributed by atoms with E-state index in [0.29, 0.717) is 95.7 Å². The molecule has 11 aromatic carbocycles. The molecular formula is C73H62N2O8. The van der Waals surface area contributed by atoms with Crippen LogP contribution in [0, 0.1) is 0 Å². The van der Waals surface area contributed by atoms with E-state index in [4.69, 9.17) is 22.5 Å². The Morgan fingerprint density at radius 1 is 0.361 bits per heavy atom. The lowest BCUT2D eigenvalue weighted by molar-refractivity contribution is 0.0614. The predicted octanol–water partition coefficient (Wildman–Crippen LogP) is 19.2. The van der Waals surface area contributed by atoms with E-state index in [1.807, 2.05) is 102 Å². The number of anilines is 2. The molecule has 2 aromatic heterocycles. The van der Waals surface area contributed by atoms with Gasteiger partial charge < -0.3 is 28.0 Å². The first-order chi connectivity index (χ1) is 39.8. The minimum Gasteiger partial charge on any atom is -0.456 e. The summed E-state index contributed by atoms with van der Waals surface area (Å²) >= 11 is 0. The number of carbonyl (C=O) groups is 2. The van der Waals surface area contributed by atoms with Crippen molar-refractivity contribution in [2.45, 2.75) is 92.1 Å². The van der Waals surface area contributed by atoms with E-state index in [1.54, 1.807) is 0 Å². The van der Waals surface area contributed by atoms with Gasteiger partial charge in [0, 0.05) is 65.8 Å². The quantitative estimate of drug-likeness (QED) is 0.120. The van der Waals surface area contributed by atoms with Gasteiger partial charge in [0.2, 0.25) is 0 Å². The average Bonchev–Trinajstić information content (AvgIpc) is 2.79. The molecule has 4 heterocycles. The molecule has 2 N–H and O–H groups in total. The number of amides is 2. The number of rotatable bonds is 6. The first-order valence-corrected chi connectivity index (χ1v) is 28.8. The predicted molar refractivity (Wildman–Crippen MR) is 337 cm³/mol. The average molecular weight is 1100 g/mol. The molecule has 412 valence electrons. The van der Waals surface area contributed by atoms with Crippen molar-refractivity contribution in [2.24, 2.45) is 0 Å². The van der Waals surface area contributed by atoms with Crippen molar-refractivity contribution in [3.63, 3.8) is 0 Å². The third kappa shape index (κ3) is 7.76. The number of carbonyl (C=O) groups excluding carboxylic acids is 2. The molecule has 2 amide bonds. The number of benzene rings is 11. The number of hydroxylamine groups is 1. The van der Waals surface area contributed by atoms with Crippen LogP contribution in [0.4, 0.5) is 11.4 Å².